The van der Waals surface area contributed by atoms with Gasteiger partial charge in [0.05, 0.1) is 12.1 Å². The lowest BCUT2D eigenvalue weighted by Crippen LogP contribution is -2.49. The van der Waals surface area contributed by atoms with E-state index in [4.69, 9.17) is 0 Å². The Labute approximate surface area is 135 Å². The Kier molecular flexibility index (Phi) is 4.06. The number of fused-ring (bicyclic) bond motifs is 1. The van der Waals surface area contributed by atoms with Crippen LogP contribution in [0.3, 0.4) is 0 Å². The summed E-state index contributed by atoms with van der Waals surface area (Å²) in [6.45, 7) is 2.25. The van der Waals surface area contributed by atoms with E-state index in [0.29, 0.717) is 18.8 Å². The van der Waals surface area contributed by atoms with Crippen molar-refractivity contribution in [3.8, 4) is 12.1 Å². The zero-order chi connectivity index (χ0) is 15.7. The van der Waals surface area contributed by atoms with E-state index in [1.165, 1.54) is 4.88 Å². The molecule has 2 aliphatic carbocycles. The fraction of sp³-hybridized carbons (Fsp3) is 0.611. The van der Waals surface area contributed by atoms with Crippen molar-refractivity contribution in [1.29, 1.82) is 10.5 Å². The second kappa shape index (κ2) is 5.86. The van der Waals surface area contributed by atoms with Gasteiger partial charge in [0.15, 0.2) is 0 Å². The summed E-state index contributed by atoms with van der Waals surface area (Å²) in [6, 6.07) is 8.54. The Morgan fingerprint density at radius 3 is 2.82 bits per heavy atom. The molecule has 0 aromatic carbocycles. The van der Waals surface area contributed by atoms with Gasteiger partial charge in [-0.3, -0.25) is 4.79 Å². The van der Waals surface area contributed by atoms with Gasteiger partial charge in [-0.2, -0.15) is 10.5 Å². The third-order valence-corrected chi connectivity index (χ3v) is 6.70. The number of nitrogens with zero attached hydrogens (tertiary/aromatic N) is 2. The number of hydrogen-bond acceptors (Lipinski definition) is 4. The summed E-state index contributed by atoms with van der Waals surface area (Å²) < 4.78 is 0. The predicted octanol–water partition coefficient (Wildman–Crippen LogP) is 4.28. The van der Waals surface area contributed by atoms with E-state index in [1.807, 2.05) is 6.07 Å². The predicted molar refractivity (Wildman–Crippen MR) is 85.0 cm³/mol. The summed E-state index contributed by atoms with van der Waals surface area (Å²) in [7, 11) is 0. The molecule has 2 fully saturated rings. The average molecular weight is 312 g/mol. The van der Waals surface area contributed by atoms with Crippen LogP contribution in [0, 0.1) is 45.8 Å². The van der Waals surface area contributed by atoms with Gasteiger partial charge in [0.1, 0.15) is 11.7 Å². The van der Waals surface area contributed by atoms with Crippen molar-refractivity contribution in [2.45, 2.75) is 44.9 Å². The van der Waals surface area contributed by atoms with Crippen molar-refractivity contribution in [3.05, 3.63) is 22.4 Å². The maximum atomic E-state index is 12.4. The summed E-state index contributed by atoms with van der Waals surface area (Å²) in [6.07, 6.45) is 3.86. The minimum atomic E-state index is -0.670. The molecule has 3 rings (SSSR count). The van der Waals surface area contributed by atoms with E-state index in [1.54, 1.807) is 11.3 Å². The van der Waals surface area contributed by atoms with Crippen LogP contribution in [-0.4, -0.2) is 5.78 Å². The Morgan fingerprint density at radius 2 is 2.18 bits per heavy atom. The van der Waals surface area contributed by atoms with Crippen LogP contribution in [-0.2, 0) is 4.79 Å². The molecule has 114 valence electrons. The summed E-state index contributed by atoms with van der Waals surface area (Å²) in [4.78, 5) is 13.7. The van der Waals surface area contributed by atoms with Crippen molar-refractivity contribution in [2.24, 2.45) is 23.2 Å². The number of carbonyl (C=O) groups is 1. The Hall–Kier alpha value is -1.65. The van der Waals surface area contributed by atoms with Crippen LogP contribution in [0.5, 0.6) is 0 Å². The first-order chi connectivity index (χ1) is 10.6. The molecular formula is C18H20N2OS. The molecule has 0 saturated heterocycles. The molecule has 1 heterocycles. The minimum Gasteiger partial charge on any atom is -0.300 e. The van der Waals surface area contributed by atoms with E-state index >= 15 is 0 Å². The number of ketones is 1. The smallest absolute Gasteiger partial charge is 0.139 e. The molecule has 0 unspecified atom stereocenters. The van der Waals surface area contributed by atoms with Gasteiger partial charge in [0.25, 0.3) is 0 Å². The maximum Gasteiger partial charge on any atom is 0.139 e. The fourth-order valence-electron chi connectivity index (χ4n) is 4.65. The molecule has 0 bridgehead atoms. The number of nitriles is 2. The first-order valence-corrected chi connectivity index (χ1v) is 8.83. The topological polar surface area (TPSA) is 64.7 Å². The lowest BCUT2D eigenvalue weighted by atomic mass is 9.50. The molecule has 0 spiro atoms. The van der Waals surface area contributed by atoms with Crippen molar-refractivity contribution >= 4 is 17.1 Å². The molecular weight excluding hydrogens is 292 g/mol. The second-order valence-electron chi connectivity index (χ2n) is 6.95. The second-order valence-corrected chi connectivity index (χ2v) is 7.93. The zero-order valence-electron chi connectivity index (χ0n) is 12.8. The Balaban J connectivity index is 2.06. The number of carbonyl (C=O) groups excluding carboxylic acids is 1. The van der Waals surface area contributed by atoms with Gasteiger partial charge in [-0.15, -0.1) is 11.3 Å². The monoisotopic (exact) mass is 312 g/mol. The molecule has 0 N–H and O–H groups in total. The highest BCUT2D eigenvalue weighted by atomic mass is 32.1. The highest BCUT2D eigenvalue weighted by Crippen LogP contribution is 2.59. The molecule has 2 aliphatic rings. The SMILES string of the molecule is C[C@H]1CC[C@]2(C(C#N)C#N)CC(=O)C[C@@H](c3cccs3)[C@@H]2C1. The lowest BCUT2D eigenvalue weighted by molar-refractivity contribution is -0.131. The largest absolute Gasteiger partial charge is 0.300 e. The van der Waals surface area contributed by atoms with Crippen molar-refractivity contribution in [3.63, 3.8) is 0 Å². The van der Waals surface area contributed by atoms with E-state index in [2.05, 4.69) is 30.5 Å². The molecule has 0 aliphatic heterocycles. The van der Waals surface area contributed by atoms with Gasteiger partial charge >= 0.3 is 0 Å². The first-order valence-electron chi connectivity index (χ1n) is 7.95. The molecule has 4 atom stereocenters. The van der Waals surface area contributed by atoms with Gasteiger partial charge in [0, 0.05) is 29.1 Å². The van der Waals surface area contributed by atoms with Crippen LogP contribution in [0.1, 0.15) is 49.8 Å². The molecule has 1 aromatic heterocycles. The van der Waals surface area contributed by atoms with Crippen LogP contribution in [0.25, 0.3) is 0 Å². The summed E-state index contributed by atoms with van der Waals surface area (Å²) in [5.74, 6) is 0.619. The highest BCUT2D eigenvalue weighted by Gasteiger charge is 2.55. The van der Waals surface area contributed by atoms with Gasteiger partial charge < -0.3 is 0 Å². The van der Waals surface area contributed by atoms with E-state index < -0.39 is 11.3 Å². The fourth-order valence-corrected chi connectivity index (χ4v) is 5.54. The van der Waals surface area contributed by atoms with Gasteiger partial charge in [-0.05, 0) is 36.1 Å². The first kappa shape index (κ1) is 15.3. The molecule has 22 heavy (non-hydrogen) atoms. The normalized spacial score (nSPS) is 34.7. The summed E-state index contributed by atoms with van der Waals surface area (Å²) in [5, 5.41) is 21.0. The molecule has 2 saturated carbocycles. The third-order valence-electron chi connectivity index (χ3n) is 5.70. The number of hydrogen-bond donors (Lipinski definition) is 0. The van der Waals surface area contributed by atoms with E-state index in [9.17, 15) is 15.3 Å². The van der Waals surface area contributed by atoms with Crippen LogP contribution in [0.2, 0.25) is 0 Å². The van der Waals surface area contributed by atoms with Crippen LogP contribution in [0.4, 0.5) is 0 Å². The summed E-state index contributed by atoms with van der Waals surface area (Å²) >= 11 is 1.70. The molecule has 3 nitrogen and oxygen atoms in total. The quantitative estimate of drug-likeness (QED) is 0.818. The number of thiophene rings is 1. The molecule has 4 heteroatoms. The maximum absolute atomic E-state index is 12.4. The van der Waals surface area contributed by atoms with E-state index in [0.717, 1.165) is 19.3 Å². The van der Waals surface area contributed by atoms with Crippen molar-refractivity contribution in [2.75, 3.05) is 0 Å². The van der Waals surface area contributed by atoms with Gasteiger partial charge in [-0.1, -0.05) is 19.4 Å². The van der Waals surface area contributed by atoms with Gasteiger partial charge in [0.2, 0.25) is 0 Å². The molecule has 0 radical (unpaired) electrons. The highest BCUT2D eigenvalue weighted by molar-refractivity contribution is 7.10. The van der Waals surface area contributed by atoms with Crippen molar-refractivity contribution < 1.29 is 4.79 Å². The average Bonchev–Trinajstić information content (AvgIpc) is 3.02. The minimum absolute atomic E-state index is 0.188. The van der Waals surface area contributed by atoms with E-state index in [-0.39, 0.29) is 17.6 Å². The number of Topliss-reactive ketones (excluding diaryl/α,β-unsaturated/α-hetero) is 1. The van der Waals surface area contributed by atoms with Crippen LogP contribution in [0.15, 0.2) is 17.5 Å². The number of rotatable bonds is 2. The van der Waals surface area contributed by atoms with Crippen LogP contribution < -0.4 is 0 Å². The summed E-state index contributed by atoms with van der Waals surface area (Å²) in [5.41, 5.74) is -0.431. The molecule has 1 aromatic rings. The Bertz CT molecular complexity index is 625. The van der Waals surface area contributed by atoms with Crippen LogP contribution >= 0.6 is 11.3 Å². The standard InChI is InChI=1S/C18H20N2OS/c1-12-4-5-18(13(10-19)11-20)9-14(21)8-15(16(18)7-12)17-3-2-6-22-17/h2-3,6,12-13,15-16H,4-5,7-9H2,1H3/t12-,15+,16-,18+/m0/s1. The Morgan fingerprint density at radius 1 is 1.41 bits per heavy atom. The lowest BCUT2D eigenvalue weighted by Gasteiger charge is -2.52. The van der Waals surface area contributed by atoms with Crippen molar-refractivity contribution in [1.82, 2.24) is 0 Å². The zero-order valence-corrected chi connectivity index (χ0v) is 13.6. The third kappa shape index (κ3) is 2.36. The van der Waals surface area contributed by atoms with Gasteiger partial charge in [-0.25, -0.2) is 0 Å². The molecule has 0 amide bonds.